The van der Waals surface area contributed by atoms with E-state index in [4.69, 9.17) is 5.26 Å². The summed E-state index contributed by atoms with van der Waals surface area (Å²) in [6, 6.07) is 7.83. The molecule has 0 atom stereocenters. The van der Waals surface area contributed by atoms with Gasteiger partial charge in [0.1, 0.15) is 11.6 Å². The van der Waals surface area contributed by atoms with Crippen LogP contribution in [0.25, 0.3) is 0 Å². The van der Waals surface area contributed by atoms with E-state index in [0.717, 1.165) is 29.8 Å². The minimum absolute atomic E-state index is 0.0842. The molecule has 1 aromatic rings. The average Bonchev–Trinajstić information content (AvgIpc) is 2.45. The highest BCUT2D eigenvalue weighted by molar-refractivity contribution is 6.07. The molecule has 0 saturated heterocycles. The van der Waals surface area contributed by atoms with Crippen LogP contribution < -0.4 is 10.6 Å². The Morgan fingerprint density at radius 1 is 1.43 bits per heavy atom. The molecule has 1 rings (SSSR count). The summed E-state index contributed by atoms with van der Waals surface area (Å²) in [5, 5.41) is 15.0. The first-order chi connectivity index (χ1) is 9.99. The van der Waals surface area contributed by atoms with Crippen molar-refractivity contribution < 1.29 is 4.79 Å². The molecule has 1 aromatic carbocycles. The van der Waals surface area contributed by atoms with Gasteiger partial charge in [-0.25, -0.2) is 0 Å². The molecule has 21 heavy (non-hydrogen) atoms. The Bertz CT molecular complexity index is 568. The number of carbonyl (C=O) groups is 1. The van der Waals surface area contributed by atoms with E-state index < -0.39 is 0 Å². The molecule has 0 aliphatic rings. The standard InChI is InChI=1S/C17H23N3O/c1-5-14-8-6-7-13(4)16(14)20-17(21)15(9-18)11-19-10-12(2)3/h6-8,11-12,19H,5,10H2,1-4H3,(H,20,21)/b15-11-. The molecule has 4 heteroatoms. The summed E-state index contributed by atoms with van der Waals surface area (Å²) in [5.74, 6) is 0.0741. The molecular weight excluding hydrogens is 262 g/mol. The van der Waals surface area contributed by atoms with Crippen LogP contribution in [0.4, 0.5) is 5.69 Å². The lowest BCUT2D eigenvalue weighted by atomic mass is 10.1. The topological polar surface area (TPSA) is 64.9 Å². The van der Waals surface area contributed by atoms with Crippen LogP contribution in [-0.2, 0) is 11.2 Å². The fourth-order valence-electron chi connectivity index (χ4n) is 1.93. The molecule has 0 aliphatic heterocycles. The van der Waals surface area contributed by atoms with Crippen molar-refractivity contribution in [1.29, 1.82) is 5.26 Å². The third-order valence-electron chi connectivity index (χ3n) is 3.12. The number of carbonyl (C=O) groups excluding carboxylic acids is 1. The molecule has 1 amide bonds. The number of hydrogen-bond donors (Lipinski definition) is 2. The van der Waals surface area contributed by atoms with Crippen LogP contribution in [0.15, 0.2) is 30.0 Å². The number of benzene rings is 1. The number of aryl methyl sites for hydroxylation is 2. The van der Waals surface area contributed by atoms with Crippen molar-refractivity contribution in [3.8, 4) is 6.07 Å². The van der Waals surface area contributed by atoms with E-state index >= 15 is 0 Å². The Balaban J connectivity index is 2.87. The summed E-state index contributed by atoms with van der Waals surface area (Å²) in [6.07, 6.45) is 2.31. The lowest BCUT2D eigenvalue weighted by Crippen LogP contribution is -2.20. The second kappa shape index (κ2) is 8.11. The van der Waals surface area contributed by atoms with Crippen molar-refractivity contribution in [2.45, 2.75) is 34.1 Å². The molecular formula is C17H23N3O. The SMILES string of the molecule is CCc1cccc(C)c1NC(=O)/C(C#N)=C\NCC(C)C. The second-order valence-corrected chi connectivity index (χ2v) is 5.39. The number of rotatable bonds is 6. The zero-order valence-electron chi connectivity index (χ0n) is 13.2. The first-order valence-electron chi connectivity index (χ1n) is 7.23. The first kappa shape index (κ1) is 16.8. The monoisotopic (exact) mass is 285 g/mol. The minimum Gasteiger partial charge on any atom is -0.389 e. The van der Waals surface area contributed by atoms with E-state index in [-0.39, 0.29) is 11.5 Å². The molecule has 112 valence electrons. The normalized spacial score (nSPS) is 11.1. The number of nitrogens with zero attached hydrogens (tertiary/aromatic N) is 1. The van der Waals surface area contributed by atoms with Gasteiger partial charge in [0.25, 0.3) is 5.91 Å². The molecule has 0 radical (unpaired) electrons. The van der Waals surface area contributed by atoms with Crippen LogP contribution in [0, 0.1) is 24.2 Å². The average molecular weight is 285 g/mol. The summed E-state index contributed by atoms with van der Waals surface area (Å²) in [4.78, 5) is 12.2. The molecule has 0 unspecified atom stereocenters. The van der Waals surface area contributed by atoms with E-state index in [1.54, 1.807) is 0 Å². The Kier molecular flexibility index (Phi) is 6.48. The molecule has 2 N–H and O–H groups in total. The van der Waals surface area contributed by atoms with Gasteiger partial charge in [-0.1, -0.05) is 39.0 Å². The van der Waals surface area contributed by atoms with Crippen molar-refractivity contribution in [1.82, 2.24) is 5.32 Å². The van der Waals surface area contributed by atoms with Crippen LogP contribution in [0.5, 0.6) is 0 Å². The fourth-order valence-corrected chi connectivity index (χ4v) is 1.93. The van der Waals surface area contributed by atoms with Gasteiger partial charge >= 0.3 is 0 Å². The van der Waals surface area contributed by atoms with Crippen molar-refractivity contribution in [2.24, 2.45) is 5.92 Å². The first-order valence-corrected chi connectivity index (χ1v) is 7.23. The Morgan fingerprint density at radius 3 is 2.71 bits per heavy atom. The van der Waals surface area contributed by atoms with Crippen LogP contribution in [-0.4, -0.2) is 12.5 Å². The van der Waals surface area contributed by atoms with Gasteiger partial charge in [0.15, 0.2) is 0 Å². The molecule has 0 saturated carbocycles. The van der Waals surface area contributed by atoms with Crippen molar-refractivity contribution in [3.05, 3.63) is 41.1 Å². The maximum Gasteiger partial charge on any atom is 0.267 e. The second-order valence-electron chi connectivity index (χ2n) is 5.39. The van der Waals surface area contributed by atoms with Crippen molar-refractivity contribution in [3.63, 3.8) is 0 Å². The number of amides is 1. The lowest BCUT2D eigenvalue weighted by molar-refractivity contribution is -0.112. The zero-order valence-corrected chi connectivity index (χ0v) is 13.2. The molecule has 0 bridgehead atoms. The lowest BCUT2D eigenvalue weighted by Gasteiger charge is -2.12. The molecule has 0 aromatic heterocycles. The Hall–Kier alpha value is -2.28. The highest BCUT2D eigenvalue weighted by Gasteiger charge is 2.12. The van der Waals surface area contributed by atoms with E-state index in [1.165, 1.54) is 6.20 Å². The largest absolute Gasteiger partial charge is 0.389 e. The molecule has 4 nitrogen and oxygen atoms in total. The van der Waals surface area contributed by atoms with Crippen LogP contribution in [0.1, 0.15) is 31.9 Å². The van der Waals surface area contributed by atoms with E-state index in [2.05, 4.69) is 24.5 Å². The van der Waals surface area contributed by atoms with Gasteiger partial charge in [-0.05, 0) is 30.4 Å². The maximum absolute atomic E-state index is 12.2. The molecule has 0 fully saturated rings. The number of para-hydroxylation sites is 1. The smallest absolute Gasteiger partial charge is 0.267 e. The summed E-state index contributed by atoms with van der Waals surface area (Å²) < 4.78 is 0. The highest BCUT2D eigenvalue weighted by Crippen LogP contribution is 2.21. The number of nitrogens with one attached hydrogen (secondary N) is 2. The summed E-state index contributed by atoms with van der Waals surface area (Å²) in [7, 11) is 0. The molecule has 0 spiro atoms. The predicted octanol–water partition coefficient (Wildman–Crippen LogP) is 3.15. The van der Waals surface area contributed by atoms with E-state index in [1.807, 2.05) is 38.1 Å². The van der Waals surface area contributed by atoms with Crippen molar-refractivity contribution in [2.75, 3.05) is 11.9 Å². The summed E-state index contributed by atoms with van der Waals surface area (Å²) in [5.41, 5.74) is 2.95. The highest BCUT2D eigenvalue weighted by atomic mass is 16.1. The van der Waals surface area contributed by atoms with Gasteiger partial charge in [-0.3, -0.25) is 4.79 Å². The Morgan fingerprint density at radius 2 is 2.14 bits per heavy atom. The number of hydrogen-bond acceptors (Lipinski definition) is 3. The minimum atomic E-state index is -0.377. The van der Waals surface area contributed by atoms with Gasteiger partial charge < -0.3 is 10.6 Å². The van der Waals surface area contributed by atoms with E-state index in [9.17, 15) is 4.79 Å². The van der Waals surface area contributed by atoms with E-state index in [0.29, 0.717) is 5.92 Å². The maximum atomic E-state index is 12.2. The van der Waals surface area contributed by atoms with Gasteiger partial charge in [0.2, 0.25) is 0 Å². The zero-order chi connectivity index (χ0) is 15.8. The van der Waals surface area contributed by atoms with Gasteiger partial charge in [0.05, 0.1) is 0 Å². The van der Waals surface area contributed by atoms with Gasteiger partial charge in [-0.2, -0.15) is 5.26 Å². The molecule has 0 heterocycles. The van der Waals surface area contributed by atoms with Crippen LogP contribution in [0.2, 0.25) is 0 Å². The number of nitriles is 1. The Labute approximate surface area is 126 Å². The number of anilines is 1. The third kappa shape index (κ3) is 4.96. The predicted molar refractivity (Wildman–Crippen MR) is 85.7 cm³/mol. The quantitative estimate of drug-likeness (QED) is 0.623. The third-order valence-corrected chi connectivity index (χ3v) is 3.12. The fraction of sp³-hybridized carbons (Fsp3) is 0.412. The van der Waals surface area contributed by atoms with Crippen molar-refractivity contribution >= 4 is 11.6 Å². The molecule has 0 aliphatic carbocycles. The van der Waals surface area contributed by atoms with Gasteiger partial charge in [-0.15, -0.1) is 0 Å². The van der Waals surface area contributed by atoms with Gasteiger partial charge in [0, 0.05) is 18.4 Å². The van der Waals surface area contributed by atoms with Crippen LogP contribution >= 0.6 is 0 Å². The summed E-state index contributed by atoms with van der Waals surface area (Å²) >= 11 is 0. The summed E-state index contributed by atoms with van der Waals surface area (Å²) in [6.45, 7) is 8.84. The van der Waals surface area contributed by atoms with Crippen LogP contribution in [0.3, 0.4) is 0 Å².